The first-order valence-electron chi connectivity index (χ1n) is 8.64. The zero-order valence-corrected chi connectivity index (χ0v) is 16.6. The standard InChI is InChI=1S/C21H17ClN2O3S/c1-14-9-10-19-18(11-14)17-7-2-3-8-20(17)28(26,27)24(19)13-21(25)23-16-6-4-5-15(22)12-16/h2-12H,13H2,1H3,(H,23,25). The number of hydrogen-bond acceptors (Lipinski definition) is 3. The normalized spacial score (nSPS) is 14.1. The molecule has 3 aromatic rings. The second-order valence-electron chi connectivity index (χ2n) is 6.59. The summed E-state index contributed by atoms with van der Waals surface area (Å²) in [5.41, 5.74) is 3.45. The van der Waals surface area contributed by atoms with Crippen LogP contribution in [0.15, 0.2) is 71.6 Å². The lowest BCUT2D eigenvalue weighted by molar-refractivity contribution is -0.114. The Bertz CT molecular complexity index is 1190. The molecule has 0 radical (unpaired) electrons. The second-order valence-corrected chi connectivity index (χ2v) is 8.85. The Labute approximate surface area is 168 Å². The fourth-order valence-electron chi connectivity index (χ4n) is 3.31. The van der Waals surface area contributed by atoms with Crippen molar-refractivity contribution < 1.29 is 13.2 Å². The molecule has 7 heteroatoms. The van der Waals surface area contributed by atoms with Crippen molar-refractivity contribution in [3.63, 3.8) is 0 Å². The summed E-state index contributed by atoms with van der Waals surface area (Å²) in [6.07, 6.45) is 0. The molecule has 1 amide bonds. The van der Waals surface area contributed by atoms with E-state index < -0.39 is 15.9 Å². The topological polar surface area (TPSA) is 66.5 Å². The van der Waals surface area contributed by atoms with E-state index in [2.05, 4.69) is 5.32 Å². The number of benzene rings is 3. The van der Waals surface area contributed by atoms with Crippen molar-refractivity contribution in [3.05, 3.63) is 77.3 Å². The molecular weight excluding hydrogens is 396 g/mol. The maximum absolute atomic E-state index is 13.2. The number of hydrogen-bond donors (Lipinski definition) is 1. The monoisotopic (exact) mass is 412 g/mol. The number of nitrogens with one attached hydrogen (secondary N) is 1. The van der Waals surface area contributed by atoms with Crippen molar-refractivity contribution >= 4 is 38.9 Å². The van der Waals surface area contributed by atoms with Gasteiger partial charge in [-0.15, -0.1) is 0 Å². The first-order valence-corrected chi connectivity index (χ1v) is 10.5. The molecule has 4 rings (SSSR count). The largest absolute Gasteiger partial charge is 0.324 e. The minimum absolute atomic E-state index is 0.198. The Morgan fingerprint density at radius 3 is 2.57 bits per heavy atom. The van der Waals surface area contributed by atoms with Gasteiger partial charge in [-0.3, -0.25) is 9.10 Å². The van der Waals surface area contributed by atoms with Gasteiger partial charge in [0.1, 0.15) is 6.54 Å². The van der Waals surface area contributed by atoms with Gasteiger partial charge in [0.15, 0.2) is 0 Å². The van der Waals surface area contributed by atoms with Crippen molar-refractivity contribution in [1.82, 2.24) is 0 Å². The van der Waals surface area contributed by atoms with Crippen molar-refractivity contribution in [2.75, 3.05) is 16.2 Å². The summed E-state index contributed by atoms with van der Waals surface area (Å²) in [5.74, 6) is -0.447. The van der Waals surface area contributed by atoms with Crippen molar-refractivity contribution in [2.24, 2.45) is 0 Å². The molecule has 1 heterocycles. The molecule has 0 unspecified atom stereocenters. The van der Waals surface area contributed by atoms with Gasteiger partial charge >= 0.3 is 0 Å². The Morgan fingerprint density at radius 1 is 1.00 bits per heavy atom. The van der Waals surface area contributed by atoms with Crippen molar-refractivity contribution in [3.8, 4) is 11.1 Å². The van der Waals surface area contributed by atoms with E-state index in [0.717, 1.165) is 15.4 Å². The highest BCUT2D eigenvalue weighted by molar-refractivity contribution is 7.93. The molecule has 5 nitrogen and oxygen atoms in total. The number of carbonyl (C=O) groups is 1. The number of sulfonamides is 1. The summed E-state index contributed by atoms with van der Waals surface area (Å²) in [4.78, 5) is 12.8. The fourth-order valence-corrected chi connectivity index (χ4v) is 5.15. The minimum Gasteiger partial charge on any atom is -0.324 e. The van der Waals surface area contributed by atoms with Crippen LogP contribution >= 0.6 is 11.6 Å². The van der Waals surface area contributed by atoms with Gasteiger partial charge in [0.2, 0.25) is 5.91 Å². The number of carbonyl (C=O) groups excluding carboxylic acids is 1. The molecule has 3 aromatic carbocycles. The second kappa shape index (κ2) is 6.96. The third-order valence-corrected chi connectivity index (χ3v) is 6.61. The number of fused-ring (bicyclic) bond motifs is 3. The highest BCUT2D eigenvalue weighted by Crippen LogP contribution is 2.43. The van der Waals surface area contributed by atoms with Crippen LogP contribution in [0, 0.1) is 6.92 Å². The highest BCUT2D eigenvalue weighted by Gasteiger charge is 2.35. The SMILES string of the molecule is Cc1ccc2c(c1)-c1ccccc1S(=O)(=O)N2CC(=O)Nc1cccc(Cl)c1. The van der Waals surface area contributed by atoms with Crippen LogP contribution in [0.1, 0.15) is 5.56 Å². The first kappa shape index (κ1) is 18.5. The lowest BCUT2D eigenvalue weighted by atomic mass is 10.0. The van der Waals surface area contributed by atoms with Crippen LogP contribution in [0.3, 0.4) is 0 Å². The van der Waals surface area contributed by atoms with E-state index in [9.17, 15) is 13.2 Å². The Kier molecular flexibility index (Phi) is 4.61. The molecule has 0 bridgehead atoms. The van der Waals surface area contributed by atoms with E-state index in [1.54, 1.807) is 48.5 Å². The van der Waals surface area contributed by atoms with Crippen LogP contribution in [-0.2, 0) is 14.8 Å². The summed E-state index contributed by atoms with van der Waals surface area (Å²) in [6.45, 7) is 1.61. The zero-order valence-electron chi connectivity index (χ0n) is 15.0. The maximum Gasteiger partial charge on any atom is 0.265 e. The molecule has 142 valence electrons. The predicted molar refractivity (Wildman–Crippen MR) is 111 cm³/mol. The molecule has 0 saturated carbocycles. The number of amides is 1. The average Bonchev–Trinajstić information content (AvgIpc) is 2.65. The summed E-state index contributed by atoms with van der Waals surface area (Å²) in [7, 11) is -3.86. The van der Waals surface area contributed by atoms with Crippen LogP contribution in [0.5, 0.6) is 0 Å². The summed E-state index contributed by atoms with van der Waals surface area (Å²) < 4.78 is 27.6. The van der Waals surface area contributed by atoms with Crippen molar-refractivity contribution in [2.45, 2.75) is 11.8 Å². The van der Waals surface area contributed by atoms with Crippen LogP contribution in [-0.4, -0.2) is 20.9 Å². The van der Waals surface area contributed by atoms with Gasteiger partial charge in [-0.05, 0) is 43.3 Å². The maximum atomic E-state index is 13.2. The number of nitrogens with zero attached hydrogens (tertiary/aromatic N) is 1. The summed E-state index contributed by atoms with van der Waals surface area (Å²) in [5, 5.41) is 3.19. The number of aryl methyl sites for hydroxylation is 1. The molecule has 1 N–H and O–H groups in total. The van der Waals surface area contributed by atoms with E-state index in [4.69, 9.17) is 11.6 Å². The fraction of sp³-hybridized carbons (Fsp3) is 0.0952. The van der Waals surface area contributed by atoms with Gasteiger partial charge in [-0.25, -0.2) is 8.42 Å². The molecule has 0 atom stereocenters. The predicted octanol–water partition coefficient (Wildman–Crippen LogP) is 4.46. The highest BCUT2D eigenvalue weighted by atomic mass is 35.5. The van der Waals surface area contributed by atoms with Gasteiger partial charge in [-0.2, -0.15) is 0 Å². The molecule has 28 heavy (non-hydrogen) atoms. The molecule has 1 aliphatic rings. The number of anilines is 2. The quantitative estimate of drug-likeness (QED) is 0.690. The van der Waals surface area contributed by atoms with Gasteiger partial charge in [0.25, 0.3) is 10.0 Å². The van der Waals surface area contributed by atoms with Gasteiger partial charge in [-0.1, -0.05) is 47.5 Å². The molecule has 0 aliphatic carbocycles. The van der Waals surface area contributed by atoms with E-state index in [1.165, 1.54) is 0 Å². The molecule has 0 aromatic heterocycles. The van der Waals surface area contributed by atoms with E-state index >= 15 is 0 Å². The average molecular weight is 413 g/mol. The molecular formula is C21H17ClN2O3S. The smallest absolute Gasteiger partial charge is 0.265 e. The minimum atomic E-state index is -3.86. The van der Waals surface area contributed by atoms with Gasteiger partial charge < -0.3 is 5.32 Å². The summed E-state index contributed by atoms with van der Waals surface area (Å²) >= 11 is 5.95. The van der Waals surface area contributed by atoms with Crippen LogP contribution in [0.4, 0.5) is 11.4 Å². The van der Waals surface area contributed by atoms with Crippen molar-refractivity contribution in [1.29, 1.82) is 0 Å². The Balaban J connectivity index is 1.74. The lowest BCUT2D eigenvalue weighted by Crippen LogP contribution is -2.40. The number of rotatable bonds is 3. The molecule has 0 spiro atoms. The van der Waals surface area contributed by atoms with E-state index in [-0.39, 0.29) is 11.4 Å². The Hall–Kier alpha value is -2.83. The molecule has 0 fully saturated rings. The first-order chi connectivity index (χ1) is 13.4. The van der Waals surface area contributed by atoms with E-state index in [0.29, 0.717) is 22.0 Å². The Morgan fingerprint density at radius 2 is 1.79 bits per heavy atom. The van der Waals surface area contributed by atoms with E-state index in [1.807, 2.05) is 25.1 Å². The third kappa shape index (κ3) is 3.25. The van der Waals surface area contributed by atoms with Gasteiger partial charge in [0, 0.05) is 21.8 Å². The number of halogens is 1. The summed E-state index contributed by atoms with van der Waals surface area (Å²) in [6, 6.07) is 19.1. The molecule has 1 aliphatic heterocycles. The zero-order chi connectivity index (χ0) is 19.9. The van der Waals surface area contributed by atoms with Crippen LogP contribution in [0.2, 0.25) is 5.02 Å². The van der Waals surface area contributed by atoms with Crippen LogP contribution < -0.4 is 9.62 Å². The lowest BCUT2D eigenvalue weighted by Gasteiger charge is -2.31. The molecule has 0 saturated heterocycles. The van der Waals surface area contributed by atoms with Crippen LogP contribution in [0.25, 0.3) is 11.1 Å². The van der Waals surface area contributed by atoms with Gasteiger partial charge in [0.05, 0.1) is 10.6 Å². The third-order valence-electron chi connectivity index (χ3n) is 4.56.